The number of amides is 1. The predicted molar refractivity (Wildman–Crippen MR) is 129 cm³/mol. The highest BCUT2D eigenvalue weighted by Crippen LogP contribution is 2.11. The fraction of sp³-hybridized carbons (Fsp3) is 0.364. The van der Waals surface area contributed by atoms with Crippen LogP contribution >= 0.6 is 24.0 Å². The van der Waals surface area contributed by atoms with E-state index in [0.29, 0.717) is 32.1 Å². The van der Waals surface area contributed by atoms with Gasteiger partial charge < -0.3 is 21.1 Å². The van der Waals surface area contributed by atoms with Gasteiger partial charge in [0.1, 0.15) is 18.2 Å². The summed E-state index contributed by atoms with van der Waals surface area (Å²) in [6.07, 6.45) is 0.412. The van der Waals surface area contributed by atoms with Crippen LogP contribution in [0.2, 0.25) is 0 Å². The van der Waals surface area contributed by atoms with E-state index in [1.165, 1.54) is 17.7 Å². The summed E-state index contributed by atoms with van der Waals surface area (Å²) in [5, 5.41) is 6.32. The molecule has 2 aromatic rings. The van der Waals surface area contributed by atoms with Crippen LogP contribution < -0.4 is 21.1 Å². The van der Waals surface area contributed by atoms with Gasteiger partial charge >= 0.3 is 0 Å². The lowest BCUT2D eigenvalue weighted by Gasteiger charge is -2.15. The van der Waals surface area contributed by atoms with E-state index >= 15 is 0 Å². The highest BCUT2D eigenvalue weighted by molar-refractivity contribution is 14.0. The number of halogens is 2. The van der Waals surface area contributed by atoms with Gasteiger partial charge in [-0.3, -0.25) is 9.79 Å². The Morgan fingerprint density at radius 3 is 2.40 bits per heavy atom. The van der Waals surface area contributed by atoms with Crippen molar-refractivity contribution >= 4 is 35.8 Å². The molecule has 1 unspecified atom stereocenters. The van der Waals surface area contributed by atoms with Gasteiger partial charge in [0, 0.05) is 6.54 Å². The Hall–Kier alpha value is -2.36. The normalized spacial score (nSPS) is 11.9. The molecule has 0 heterocycles. The van der Waals surface area contributed by atoms with Crippen LogP contribution in [0.25, 0.3) is 0 Å². The molecule has 0 aliphatic heterocycles. The number of benzene rings is 2. The van der Waals surface area contributed by atoms with E-state index in [1.807, 2.05) is 38.1 Å². The Balaban J connectivity index is 0.00000450. The summed E-state index contributed by atoms with van der Waals surface area (Å²) < 4.78 is 18.7. The van der Waals surface area contributed by atoms with Crippen LogP contribution in [-0.4, -0.2) is 38.1 Å². The smallest absolute Gasteiger partial charge is 0.222 e. The molecule has 6 nitrogen and oxygen atoms in total. The van der Waals surface area contributed by atoms with Crippen molar-refractivity contribution in [2.75, 3.05) is 26.2 Å². The second-order valence-electron chi connectivity index (χ2n) is 6.74. The van der Waals surface area contributed by atoms with Gasteiger partial charge in [0.05, 0.1) is 19.0 Å². The van der Waals surface area contributed by atoms with Crippen molar-refractivity contribution < 1.29 is 13.9 Å². The summed E-state index contributed by atoms with van der Waals surface area (Å²) >= 11 is 0. The lowest BCUT2D eigenvalue weighted by Crippen LogP contribution is -2.40. The third kappa shape index (κ3) is 9.43. The number of rotatable bonds is 10. The molecule has 0 fully saturated rings. The van der Waals surface area contributed by atoms with Crippen molar-refractivity contribution in [3.8, 4) is 5.75 Å². The standard InChI is InChI=1S/C22H29FN4O2.HI/c1-3-25-22(26-12-13-29-20-10-4-16(2)5-11-20)27-15-18(21(24)28)14-17-6-8-19(23)9-7-17;/h4-11,18H,3,12-15H2,1-2H3,(H2,24,28)(H2,25,26,27);1H. The zero-order valence-electron chi connectivity index (χ0n) is 17.4. The largest absolute Gasteiger partial charge is 0.492 e. The van der Waals surface area contributed by atoms with Crippen molar-refractivity contribution in [1.29, 1.82) is 0 Å². The monoisotopic (exact) mass is 528 g/mol. The highest BCUT2D eigenvalue weighted by atomic mass is 127. The molecule has 30 heavy (non-hydrogen) atoms. The summed E-state index contributed by atoms with van der Waals surface area (Å²) in [6.45, 7) is 5.94. The Morgan fingerprint density at radius 2 is 1.80 bits per heavy atom. The number of carbonyl (C=O) groups excluding carboxylic acids is 1. The summed E-state index contributed by atoms with van der Waals surface area (Å²) in [5.41, 5.74) is 7.55. The van der Waals surface area contributed by atoms with Crippen LogP contribution in [0.4, 0.5) is 4.39 Å². The van der Waals surface area contributed by atoms with E-state index in [-0.39, 0.29) is 36.3 Å². The molecule has 8 heteroatoms. The minimum atomic E-state index is -0.472. The van der Waals surface area contributed by atoms with Gasteiger partial charge in [-0.1, -0.05) is 29.8 Å². The quantitative estimate of drug-likeness (QED) is 0.192. The van der Waals surface area contributed by atoms with Gasteiger partial charge in [0.25, 0.3) is 0 Å². The molecule has 0 bridgehead atoms. The summed E-state index contributed by atoms with van der Waals surface area (Å²) in [6, 6.07) is 13.9. The Kier molecular flexibility index (Phi) is 11.8. The number of hydrogen-bond acceptors (Lipinski definition) is 3. The van der Waals surface area contributed by atoms with Crippen LogP contribution in [0, 0.1) is 18.7 Å². The average Bonchev–Trinajstić information content (AvgIpc) is 2.70. The van der Waals surface area contributed by atoms with Crippen molar-refractivity contribution in [2.45, 2.75) is 20.3 Å². The van der Waals surface area contributed by atoms with Gasteiger partial charge in [0.15, 0.2) is 5.96 Å². The molecule has 2 aromatic carbocycles. The van der Waals surface area contributed by atoms with Gasteiger partial charge in [0.2, 0.25) is 5.91 Å². The molecule has 1 atom stereocenters. The molecule has 1 amide bonds. The SMILES string of the molecule is CCNC(=NCC(Cc1ccc(F)cc1)C(N)=O)NCCOc1ccc(C)cc1.I. The fourth-order valence-corrected chi connectivity index (χ4v) is 2.68. The number of aliphatic imine (C=N–C) groups is 1. The second-order valence-corrected chi connectivity index (χ2v) is 6.74. The van der Waals surface area contributed by atoms with Gasteiger partial charge in [-0.25, -0.2) is 4.39 Å². The maximum absolute atomic E-state index is 13.1. The van der Waals surface area contributed by atoms with Crippen LogP contribution in [0.5, 0.6) is 5.75 Å². The molecular formula is C22H30FIN4O2. The Bertz CT molecular complexity index is 798. The molecule has 0 saturated carbocycles. The number of hydrogen-bond donors (Lipinski definition) is 3. The number of primary amides is 1. The Labute approximate surface area is 194 Å². The molecule has 0 radical (unpaired) electrons. The first-order chi connectivity index (χ1) is 14.0. The minimum absolute atomic E-state index is 0. The number of nitrogens with zero attached hydrogens (tertiary/aromatic N) is 1. The van der Waals surface area contributed by atoms with Gasteiger partial charge in [-0.2, -0.15) is 0 Å². The minimum Gasteiger partial charge on any atom is -0.492 e. The zero-order chi connectivity index (χ0) is 21.1. The zero-order valence-corrected chi connectivity index (χ0v) is 19.7. The van der Waals surface area contributed by atoms with Crippen LogP contribution in [0.1, 0.15) is 18.1 Å². The fourth-order valence-electron chi connectivity index (χ4n) is 2.68. The van der Waals surface area contributed by atoms with Crippen LogP contribution in [0.15, 0.2) is 53.5 Å². The Morgan fingerprint density at radius 1 is 1.13 bits per heavy atom. The van der Waals surface area contributed by atoms with E-state index in [4.69, 9.17) is 10.5 Å². The maximum Gasteiger partial charge on any atom is 0.222 e. The predicted octanol–water partition coefficient (Wildman–Crippen LogP) is 3.03. The molecule has 0 aliphatic rings. The van der Waals surface area contributed by atoms with E-state index in [2.05, 4.69) is 15.6 Å². The molecular weight excluding hydrogens is 498 g/mol. The number of carbonyl (C=O) groups is 1. The first-order valence-corrected chi connectivity index (χ1v) is 9.73. The third-order valence-electron chi connectivity index (χ3n) is 4.30. The summed E-state index contributed by atoms with van der Waals surface area (Å²) in [7, 11) is 0. The van der Waals surface area contributed by atoms with E-state index in [9.17, 15) is 9.18 Å². The van der Waals surface area contributed by atoms with E-state index in [1.54, 1.807) is 12.1 Å². The van der Waals surface area contributed by atoms with Crippen LogP contribution in [0.3, 0.4) is 0 Å². The van der Waals surface area contributed by atoms with E-state index < -0.39 is 11.8 Å². The molecule has 0 aliphatic carbocycles. The summed E-state index contributed by atoms with van der Waals surface area (Å²) in [4.78, 5) is 16.3. The van der Waals surface area contributed by atoms with Crippen molar-refractivity contribution in [3.05, 3.63) is 65.5 Å². The number of nitrogens with one attached hydrogen (secondary N) is 2. The molecule has 0 aromatic heterocycles. The number of guanidine groups is 1. The second kappa shape index (κ2) is 13.8. The number of ether oxygens (including phenoxy) is 1. The van der Waals surface area contributed by atoms with Crippen molar-refractivity contribution in [1.82, 2.24) is 10.6 Å². The lowest BCUT2D eigenvalue weighted by molar-refractivity contribution is -0.121. The van der Waals surface area contributed by atoms with Crippen molar-refractivity contribution in [2.24, 2.45) is 16.6 Å². The maximum atomic E-state index is 13.1. The average molecular weight is 528 g/mol. The third-order valence-corrected chi connectivity index (χ3v) is 4.30. The first-order valence-electron chi connectivity index (χ1n) is 9.73. The van der Waals surface area contributed by atoms with Crippen molar-refractivity contribution in [3.63, 3.8) is 0 Å². The molecule has 2 rings (SSSR count). The van der Waals surface area contributed by atoms with Gasteiger partial charge in [-0.05, 0) is 50.1 Å². The number of aryl methyl sites for hydroxylation is 1. The lowest BCUT2D eigenvalue weighted by atomic mass is 9.99. The van der Waals surface area contributed by atoms with Gasteiger partial charge in [-0.15, -0.1) is 24.0 Å². The van der Waals surface area contributed by atoms with Crippen LogP contribution in [-0.2, 0) is 11.2 Å². The highest BCUT2D eigenvalue weighted by Gasteiger charge is 2.16. The van der Waals surface area contributed by atoms with E-state index in [0.717, 1.165) is 11.3 Å². The molecule has 4 N–H and O–H groups in total. The first kappa shape index (κ1) is 25.7. The molecule has 0 spiro atoms. The molecule has 0 saturated heterocycles. The molecule has 164 valence electrons. The summed E-state index contributed by atoms with van der Waals surface area (Å²) in [5.74, 6) is 0.183. The topological polar surface area (TPSA) is 88.7 Å². The number of nitrogens with two attached hydrogens (primary N) is 1.